The van der Waals surface area contributed by atoms with Gasteiger partial charge in [-0.15, -0.1) is 0 Å². The molecule has 1 amide bonds. The number of rotatable bonds is 6. The third-order valence-electron chi connectivity index (χ3n) is 3.00. The van der Waals surface area contributed by atoms with Crippen molar-refractivity contribution in [3.05, 3.63) is 66.0 Å². The Morgan fingerprint density at radius 3 is 2.50 bits per heavy atom. The van der Waals surface area contributed by atoms with Crippen molar-refractivity contribution < 1.29 is 9.53 Å². The quantitative estimate of drug-likeness (QED) is 0.809. The first-order valence-corrected chi connectivity index (χ1v) is 6.53. The van der Waals surface area contributed by atoms with Crippen LogP contribution in [0.5, 0.6) is 0 Å². The Kier molecular flexibility index (Phi) is 5.26. The first kappa shape index (κ1) is 14.2. The summed E-state index contributed by atoms with van der Waals surface area (Å²) >= 11 is 0. The molecule has 1 heterocycles. The second kappa shape index (κ2) is 7.40. The number of amides is 1. The molecule has 0 saturated heterocycles. The minimum absolute atomic E-state index is 0.0134. The molecular weight excluding hydrogens is 252 g/mol. The highest BCUT2D eigenvalue weighted by Gasteiger charge is 2.15. The average molecular weight is 270 g/mol. The lowest BCUT2D eigenvalue weighted by Gasteiger charge is -2.22. The number of ether oxygens (including phenoxy) is 1. The number of pyridine rings is 1. The van der Waals surface area contributed by atoms with E-state index in [1.165, 1.54) is 0 Å². The van der Waals surface area contributed by atoms with Crippen molar-refractivity contribution >= 4 is 5.91 Å². The van der Waals surface area contributed by atoms with Crippen LogP contribution in [0.1, 0.15) is 15.9 Å². The van der Waals surface area contributed by atoms with Crippen molar-refractivity contribution in [3.8, 4) is 0 Å². The Morgan fingerprint density at radius 2 is 1.85 bits per heavy atom. The van der Waals surface area contributed by atoms with Crippen LogP contribution in [0, 0.1) is 0 Å². The summed E-state index contributed by atoms with van der Waals surface area (Å²) < 4.78 is 5.09. The van der Waals surface area contributed by atoms with Gasteiger partial charge in [-0.25, -0.2) is 0 Å². The molecule has 0 N–H and O–H groups in total. The fourth-order valence-electron chi connectivity index (χ4n) is 1.93. The minimum atomic E-state index is 0.0134. The Hall–Kier alpha value is -2.20. The zero-order valence-electron chi connectivity index (χ0n) is 11.5. The van der Waals surface area contributed by atoms with E-state index in [9.17, 15) is 4.79 Å². The Labute approximate surface area is 119 Å². The molecule has 20 heavy (non-hydrogen) atoms. The van der Waals surface area contributed by atoms with Gasteiger partial charge in [-0.1, -0.05) is 18.2 Å². The molecule has 0 aliphatic rings. The SMILES string of the molecule is COCCN(Cc1ccncc1)C(=O)c1ccccc1. The number of methoxy groups -OCH3 is 1. The van der Waals surface area contributed by atoms with Gasteiger partial charge in [0.1, 0.15) is 0 Å². The Bertz CT molecular complexity index is 529. The number of carbonyl (C=O) groups excluding carboxylic acids is 1. The smallest absolute Gasteiger partial charge is 0.254 e. The maximum atomic E-state index is 12.5. The highest BCUT2D eigenvalue weighted by molar-refractivity contribution is 5.94. The summed E-state index contributed by atoms with van der Waals surface area (Å²) in [7, 11) is 1.64. The lowest BCUT2D eigenvalue weighted by Crippen LogP contribution is -2.33. The van der Waals surface area contributed by atoms with E-state index >= 15 is 0 Å². The van der Waals surface area contributed by atoms with Crippen molar-refractivity contribution in [1.29, 1.82) is 0 Å². The molecule has 4 nitrogen and oxygen atoms in total. The highest BCUT2D eigenvalue weighted by Crippen LogP contribution is 2.09. The van der Waals surface area contributed by atoms with Crippen LogP contribution in [0.4, 0.5) is 0 Å². The zero-order valence-corrected chi connectivity index (χ0v) is 11.5. The number of nitrogens with zero attached hydrogens (tertiary/aromatic N) is 2. The van der Waals surface area contributed by atoms with Gasteiger partial charge in [-0.3, -0.25) is 9.78 Å². The molecular formula is C16H18N2O2. The molecule has 1 aromatic carbocycles. The molecule has 0 atom stereocenters. The van der Waals surface area contributed by atoms with Crippen LogP contribution in [0.15, 0.2) is 54.9 Å². The van der Waals surface area contributed by atoms with Gasteiger partial charge >= 0.3 is 0 Å². The zero-order chi connectivity index (χ0) is 14.2. The van der Waals surface area contributed by atoms with Gasteiger partial charge in [0.25, 0.3) is 5.91 Å². The Morgan fingerprint density at radius 1 is 1.15 bits per heavy atom. The average Bonchev–Trinajstić information content (AvgIpc) is 2.52. The number of hydrogen-bond donors (Lipinski definition) is 0. The van der Waals surface area contributed by atoms with Crippen molar-refractivity contribution in [2.75, 3.05) is 20.3 Å². The van der Waals surface area contributed by atoms with Gasteiger partial charge in [-0.2, -0.15) is 0 Å². The lowest BCUT2D eigenvalue weighted by molar-refractivity contribution is 0.0680. The van der Waals surface area contributed by atoms with E-state index in [1.54, 1.807) is 24.4 Å². The predicted molar refractivity (Wildman–Crippen MR) is 77.3 cm³/mol. The second-order valence-electron chi connectivity index (χ2n) is 4.44. The van der Waals surface area contributed by atoms with Gasteiger partial charge in [-0.05, 0) is 29.8 Å². The largest absolute Gasteiger partial charge is 0.383 e. The fourth-order valence-corrected chi connectivity index (χ4v) is 1.93. The van der Waals surface area contributed by atoms with Crippen molar-refractivity contribution in [3.63, 3.8) is 0 Å². The maximum Gasteiger partial charge on any atom is 0.254 e. The second-order valence-corrected chi connectivity index (χ2v) is 4.44. The van der Waals surface area contributed by atoms with Gasteiger partial charge in [0.15, 0.2) is 0 Å². The van der Waals surface area contributed by atoms with Crippen molar-refractivity contribution in [2.24, 2.45) is 0 Å². The molecule has 2 rings (SSSR count). The van der Waals surface area contributed by atoms with Gasteiger partial charge in [0, 0.05) is 38.2 Å². The molecule has 2 aromatic rings. The Balaban J connectivity index is 2.13. The topological polar surface area (TPSA) is 42.4 Å². The van der Waals surface area contributed by atoms with Crippen LogP contribution in [0.3, 0.4) is 0 Å². The third-order valence-corrected chi connectivity index (χ3v) is 3.00. The first-order chi connectivity index (χ1) is 9.81. The van der Waals surface area contributed by atoms with Gasteiger partial charge in [0.2, 0.25) is 0 Å². The van der Waals surface area contributed by atoms with Crippen molar-refractivity contribution in [1.82, 2.24) is 9.88 Å². The molecule has 0 unspecified atom stereocenters. The molecule has 1 aromatic heterocycles. The van der Waals surface area contributed by atoms with E-state index in [2.05, 4.69) is 4.98 Å². The van der Waals surface area contributed by atoms with E-state index in [0.717, 1.165) is 5.56 Å². The molecule has 0 bridgehead atoms. The van der Waals surface area contributed by atoms with Crippen LogP contribution >= 0.6 is 0 Å². The summed E-state index contributed by atoms with van der Waals surface area (Å²) in [5, 5.41) is 0. The molecule has 0 spiro atoms. The molecule has 4 heteroatoms. The summed E-state index contributed by atoms with van der Waals surface area (Å²) in [6.07, 6.45) is 3.47. The molecule has 0 radical (unpaired) electrons. The van der Waals surface area contributed by atoms with E-state index in [-0.39, 0.29) is 5.91 Å². The first-order valence-electron chi connectivity index (χ1n) is 6.53. The van der Waals surface area contributed by atoms with Crippen LogP contribution in [0.25, 0.3) is 0 Å². The molecule has 0 saturated carbocycles. The third kappa shape index (κ3) is 3.90. The van der Waals surface area contributed by atoms with E-state index < -0.39 is 0 Å². The van der Waals surface area contributed by atoms with E-state index in [1.807, 2.05) is 42.5 Å². The van der Waals surface area contributed by atoms with Gasteiger partial charge in [0.05, 0.1) is 6.61 Å². The number of benzene rings is 1. The summed E-state index contributed by atoms with van der Waals surface area (Å²) in [5.41, 5.74) is 1.75. The summed E-state index contributed by atoms with van der Waals surface area (Å²) in [6, 6.07) is 13.1. The molecule has 104 valence electrons. The van der Waals surface area contributed by atoms with E-state index in [4.69, 9.17) is 4.74 Å². The normalized spacial score (nSPS) is 10.2. The van der Waals surface area contributed by atoms with Crippen LogP contribution in [-0.2, 0) is 11.3 Å². The van der Waals surface area contributed by atoms with E-state index in [0.29, 0.717) is 25.3 Å². The minimum Gasteiger partial charge on any atom is -0.383 e. The van der Waals surface area contributed by atoms with Crippen LogP contribution in [-0.4, -0.2) is 36.1 Å². The molecule has 0 fully saturated rings. The number of carbonyl (C=O) groups is 1. The monoisotopic (exact) mass is 270 g/mol. The van der Waals surface area contributed by atoms with Gasteiger partial charge < -0.3 is 9.64 Å². The van der Waals surface area contributed by atoms with Crippen molar-refractivity contribution in [2.45, 2.75) is 6.54 Å². The predicted octanol–water partition coefficient (Wildman–Crippen LogP) is 2.37. The summed E-state index contributed by atoms with van der Waals surface area (Å²) in [5.74, 6) is 0.0134. The lowest BCUT2D eigenvalue weighted by atomic mass is 10.1. The highest BCUT2D eigenvalue weighted by atomic mass is 16.5. The summed E-state index contributed by atoms with van der Waals surface area (Å²) in [6.45, 7) is 1.63. The molecule has 0 aliphatic heterocycles. The maximum absolute atomic E-state index is 12.5. The molecule has 0 aliphatic carbocycles. The standard InChI is InChI=1S/C16H18N2O2/c1-20-12-11-18(13-14-7-9-17-10-8-14)16(19)15-5-3-2-4-6-15/h2-10H,11-13H2,1H3. The number of hydrogen-bond acceptors (Lipinski definition) is 3. The van der Waals surface area contributed by atoms with Crippen LogP contribution in [0.2, 0.25) is 0 Å². The van der Waals surface area contributed by atoms with Crippen LogP contribution < -0.4 is 0 Å². The fraction of sp³-hybridized carbons (Fsp3) is 0.250. The summed E-state index contributed by atoms with van der Waals surface area (Å²) in [4.78, 5) is 18.3. The number of aromatic nitrogens is 1.